The second-order valence-electron chi connectivity index (χ2n) is 2.79. The molecule has 0 aromatic rings. The summed E-state index contributed by atoms with van der Waals surface area (Å²) in [5.74, 6) is -0.642. The summed E-state index contributed by atoms with van der Waals surface area (Å²) < 4.78 is 0. The lowest BCUT2D eigenvalue weighted by Gasteiger charge is -2.27. The molecule has 0 saturated heterocycles. The molecule has 0 aliphatic heterocycles. The van der Waals surface area contributed by atoms with Crippen LogP contribution in [0.3, 0.4) is 0 Å². The van der Waals surface area contributed by atoms with E-state index in [0.29, 0.717) is 16.9 Å². The number of nitrogens with zero attached hydrogens (tertiary/aromatic N) is 1. The molecule has 58 valence electrons. The van der Waals surface area contributed by atoms with Crippen molar-refractivity contribution < 1.29 is 4.79 Å². The van der Waals surface area contributed by atoms with Crippen LogP contribution >= 0.6 is 12.2 Å². The van der Waals surface area contributed by atoms with E-state index in [-0.39, 0.29) is 5.78 Å². The van der Waals surface area contributed by atoms with Crippen molar-refractivity contribution in [2.45, 2.75) is 6.42 Å². The van der Waals surface area contributed by atoms with Gasteiger partial charge in [-0.25, -0.2) is 0 Å². The van der Waals surface area contributed by atoms with Gasteiger partial charge in [0.2, 0.25) is 0 Å². The van der Waals surface area contributed by atoms with Crippen molar-refractivity contribution in [3.8, 4) is 6.07 Å². The molecule has 2 nitrogen and oxygen atoms in total. The fourth-order valence-electron chi connectivity index (χ4n) is 1.50. The van der Waals surface area contributed by atoms with Gasteiger partial charge in [-0.15, -0.1) is 0 Å². The summed E-state index contributed by atoms with van der Waals surface area (Å²) in [6.45, 7) is 0. The molecule has 2 aliphatic rings. The van der Waals surface area contributed by atoms with Crippen molar-refractivity contribution >= 4 is 22.9 Å². The Hall–Kier alpha value is -1.27. The Kier molecular flexibility index (Phi) is 1.45. The smallest absolute Gasteiger partial charge is 0.185 e. The molecule has 0 spiro atoms. The number of nitriles is 1. The van der Waals surface area contributed by atoms with E-state index in [1.54, 1.807) is 0 Å². The van der Waals surface area contributed by atoms with Crippen LogP contribution in [0.1, 0.15) is 6.42 Å². The van der Waals surface area contributed by atoms with Gasteiger partial charge in [-0.1, -0.05) is 24.4 Å². The van der Waals surface area contributed by atoms with E-state index in [4.69, 9.17) is 17.5 Å². The third-order valence-electron chi connectivity index (χ3n) is 2.12. The summed E-state index contributed by atoms with van der Waals surface area (Å²) in [6.07, 6.45) is 4.40. The van der Waals surface area contributed by atoms with E-state index >= 15 is 0 Å². The Morgan fingerprint density at radius 1 is 1.67 bits per heavy atom. The Labute approximate surface area is 75.2 Å². The number of ketones is 1. The van der Waals surface area contributed by atoms with Crippen molar-refractivity contribution in [1.29, 1.82) is 5.26 Å². The maximum absolute atomic E-state index is 11.2. The van der Waals surface area contributed by atoms with Crippen LogP contribution in [-0.4, -0.2) is 10.6 Å². The van der Waals surface area contributed by atoms with Gasteiger partial charge in [0.15, 0.2) is 5.78 Å². The summed E-state index contributed by atoms with van der Waals surface area (Å²) in [5, 5.41) is 8.60. The fourth-order valence-corrected chi connectivity index (χ4v) is 1.81. The van der Waals surface area contributed by atoms with Gasteiger partial charge < -0.3 is 0 Å². The summed E-state index contributed by atoms with van der Waals surface area (Å²) in [6, 6.07) is 1.95. The third kappa shape index (κ3) is 0.730. The fraction of sp³-hybridized carbons (Fsp3) is 0.222. The van der Waals surface area contributed by atoms with Gasteiger partial charge in [0.1, 0.15) is 5.92 Å². The summed E-state index contributed by atoms with van der Waals surface area (Å²) in [7, 11) is 0. The van der Waals surface area contributed by atoms with Crippen LogP contribution in [0.15, 0.2) is 23.3 Å². The van der Waals surface area contributed by atoms with Crippen molar-refractivity contribution in [3.63, 3.8) is 0 Å². The lowest BCUT2D eigenvalue weighted by atomic mass is 9.72. The molecule has 0 fully saturated rings. The molecule has 1 unspecified atom stereocenters. The number of carbonyl (C=O) groups is 1. The number of allylic oxidation sites excluding steroid dienone is 4. The molecule has 0 saturated carbocycles. The molecular weight excluding hydrogens is 170 g/mol. The van der Waals surface area contributed by atoms with Crippen molar-refractivity contribution in [3.05, 3.63) is 23.3 Å². The zero-order valence-corrected chi connectivity index (χ0v) is 7.02. The monoisotopic (exact) mass is 175 g/mol. The van der Waals surface area contributed by atoms with Crippen molar-refractivity contribution in [2.24, 2.45) is 5.92 Å². The Balaban J connectivity index is 2.50. The lowest BCUT2D eigenvalue weighted by molar-refractivity contribution is -0.118. The number of Topliss-reactive ketones (excluding diaryl/α,β-unsaturated/α-hetero) is 1. The van der Waals surface area contributed by atoms with Crippen LogP contribution in [0.4, 0.5) is 0 Å². The van der Waals surface area contributed by atoms with Gasteiger partial charge >= 0.3 is 0 Å². The van der Waals surface area contributed by atoms with Crippen LogP contribution in [0.25, 0.3) is 0 Å². The van der Waals surface area contributed by atoms with Crippen LogP contribution in [0.2, 0.25) is 0 Å². The van der Waals surface area contributed by atoms with Crippen LogP contribution in [0, 0.1) is 17.2 Å². The number of carbonyl (C=O) groups excluding carboxylic acids is 1. The first-order valence-electron chi connectivity index (χ1n) is 3.63. The number of rotatable bonds is 0. The van der Waals surface area contributed by atoms with Gasteiger partial charge in [0.05, 0.1) is 6.07 Å². The number of thiocarbonyl (C=S) groups is 1. The zero-order valence-electron chi connectivity index (χ0n) is 6.20. The normalized spacial score (nSPS) is 26.4. The molecule has 3 heteroatoms. The highest BCUT2D eigenvalue weighted by Gasteiger charge is 2.40. The Morgan fingerprint density at radius 2 is 2.42 bits per heavy atom. The first kappa shape index (κ1) is 7.38. The third-order valence-corrected chi connectivity index (χ3v) is 2.49. The van der Waals surface area contributed by atoms with E-state index < -0.39 is 5.92 Å². The van der Waals surface area contributed by atoms with E-state index in [1.807, 2.05) is 18.2 Å². The highest BCUT2D eigenvalue weighted by atomic mass is 32.1. The second-order valence-corrected chi connectivity index (χ2v) is 3.28. The molecule has 0 bridgehead atoms. The van der Waals surface area contributed by atoms with E-state index in [0.717, 1.165) is 5.57 Å². The minimum atomic E-state index is -0.547. The molecule has 0 N–H and O–H groups in total. The number of hydrogen-bond acceptors (Lipinski definition) is 3. The predicted octanol–water partition coefficient (Wildman–Crippen LogP) is 1.34. The lowest BCUT2D eigenvalue weighted by Crippen LogP contribution is -2.34. The summed E-state index contributed by atoms with van der Waals surface area (Å²) in [4.78, 5) is 11.9. The van der Waals surface area contributed by atoms with E-state index in [1.165, 1.54) is 0 Å². The molecule has 2 aliphatic carbocycles. The van der Waals surface area contributed by atoms with Crippen molar-refractivity contribution in [2.75, 3.05) is 0 Å². The quantitative estimate of drug-likeness (QED) is 0.521. The maximum Gasteiger partial charge on any atom is 0.185 e. The highest BCUT2D eigenvalue weighted by Crippen LogP contribution is 2.35. The Morgan fingerprint density at radius 3 is 3.08 bits per heavy atom. The molecule has 0 aromatic heterocycles. The van der Waals surface area contributed by atoms with Gasteiger partial charge in [0, 0.05) is 16.9 Å². The van der Waals surface area contributed by atoms with Gasteiger partial charge in [-0.3, -0.25) is 4.79 Å². The van der Waals surface area contributed by atoms with Crippen LogP contribution in [-0.2, 0) is 4.79 Å². The van der Waals surface area contributed by atoms with Crippen LogP contribution in [0.5, 0.6) is 0 Å². The second kappa shape index (κ2) is 2.36. The molecule has 2 rings (SSSR count). The Bertz CT molecular complexity index is 384. The first-order valence-corrected chi connectivity index (χ1v) is 4.04. The number of hydrogen-bond donors (Lipinski definition) is 0. The largest absolute Gasteiger partial charge is 0.292 e. The van der Waals surface area contributed by atoms with Crippen LogP contribution < -0.4 is 0 Å². The molecule has 12 heavy (non-hydrogen) atoms. The molecule has 0 amide bonds. The average molecular weight is 175 g/mol. The van der Waals surface area contributed by atoms with E-state index in [2.05, 4.69) is 0 Å². The SMILES string of the molecule is N#CC1C(=O)C2=C1C=CCC2=S. The van der Waals surface area contributed by atoms with Crippen molar-refractivity contribution in [1.82, 2.24) is 0 Å². The maximum atomic E-state index is 11.2. The van der Waals surface area contributed by atoms with Gasteiger partial charge in [-0.2, -0.15) is 5.26 Å². The standard InChI is InChI=1S/C9H5NOS/c10-4-6-5-2-1-3-7(12)8(5)9(6)11/h1-2,6H,3H2. The average Bonchev–Trinajstić information content (AvgIpc) is 2.04. The molecule has 1 atom stereocenters. The van der Waals surface area contributed by atoms with Gasteiger partial charge in [-0.05, 0) is 5.57 Å². The molecule has 0 radical (unpaired) electrons. The predicted molar refractivity (Wildman–Crippen MR) is 47.5 cm³/mol. The highest BCUT2D eigenvalue weighted by molar-refractivity contribution is 7.81. The van der Waals surface area contributed by atoms with E-state index in [9.17, 15) is 4.79 Å². The van der Waals surface area contributed by atoms with Gasteiger partial charge in [0.25, 0.3) is 0 Å². The molecule has 0 aromatic carbocycles. The summed E-state index contributed by atoms with van der Waals surface area (Å²) in [5.41, 5.74) is 1.44. The minimum Gasteiger partial charge on any atom is -0.292 e. The summed E-state index contributed by atoms with van der Waals surface area (Å²) >= 11 is 5.00. The zero-order chi connectivity index (χ0) is 8.72. The topological polar surface area (TPSA) is 40.9 Å². The molecule has 0 heterocycles. The minimum absolute atomic E-state index is 0.0955. The molecular formula is C9H5NOS. The first-order chi connectivity index (χ1) is 5.75.